The van der Waals surface area contributed by atoms with Crippen LogP contribution in [0.15, 0.2) is 71.8 Å². The van der Waals surface area contributed by atoms with E-state index >= 15 is 0 Å². The first-order chi connectivity index (χ1) is 14.9. The van der Waals surface area contributed by atoms with Gasteiger partial charge in [-0.05, 0) is 73.3 Å². The fourth-order valence-electron chi connectivity index (χ4n) is 3.10. The zero-order valence-electron chi connectivity index (χ0n) is 16.5. The minimum atomic E-state index is -0.488. The van der Waals surface area contributed by atoms with Gasteiger partial charge in [-0.1, -0.05) is 29.3 Å². The van der Waals surface area contributed by atoms with Gasteiger partial charge in [0, 0.05) is 28.3 Å². The predicted octanol–water partition coefficient (Wildman–Crippen LogP) is 5.11. The number of amides is 3. The molecule has 0 aliphatic carbocycles. The summed E-state index contributed by atoms with van der Waals surface area (Å²) in [6.07, 6.45) is 3.51. The van der Waals surface area contributed by atoms with Crippen LogP contribution < -0.4 is 5.32 Å². The second-order valence-electron chi connectivity index (χ2n) is 6.96. The van der Waals surface area contributed by atoms with Crippen LogP contribution in [0.2, 0.25) is 5.02 Å². The second-order valence-corrected chi connectivity index (χ2v) is 8.39. The van der Waals surface area contributed by atoms with Crippen LogP contribution in [0.25, 0.3) is 11.8 Å². The van der Waals surface area contributed by atoms with Crippen molar-refractivity contribution < 1.29 is 14.4 Å². The molecule has 0 saturated carbocycles. The summed E-state index contributed by atoms with van der Waals surface area (Å²) in [5.41, 5.74) is 3.28. The van der Waals surface area contributed by atoms with Gasteiger partial charge in [-0.15, -0.1) is 0 Å². The van der Waals surface area contributed by atoms with Gasteiger partial charge in [0.1, 0.15) is 6.54 Å². The lowest BCUT2D eigenvalue weighted by Crippen LogP contribution is -2.36. The Kier molecular flexibility index (Phi) is 5.97. The fourth-order valence-corrected chi connectivity index (χ4v) is 4.05. The number of anilines is 1. The number of rotatable bonds is 5. The number of carbonyl (C=O) groups is 3. The van der Waals surface area contributed by atoms with Crippen LogP contribution in [0.3, 0.4) is 0 Å². The van der Waals surface area contributed by atoms with E-state index in [-0.39, 0.29) is 11.4 Å². The SMILES string of the molecule is Cc1ccc(NC(=O)CN2C(=O)SC(=Cc3cccn3-c3ccc(Cl)cc3)C2=O)cc1. The van der Waals surface area contributed by atoms with Crippen molar-refractivity contribution in [3.63, 3.8) is 0 Å². The maximum Gasteiger partial charge on any atom is 0.294 e. The molecule has 31 heavy (non-hydrogen) atoms. The first-order valence-electron chi connectivity index (χ1n) is 9.46. The lowest BCUT2D eigenvalue weighted by atomic mass is 10.2. The summed E-state index contributed by atoms with van der Waals surface area (Å²) < 4.78 is 1.88. The van der Waals surface area contributed by atoms with Crippen LogP contribution in [-0.4, -0.2) is 33.1 Å². The number of aryl methyl sites for hydroxylation is 1. The van der Waals surface area contributed by atoms with E-state index in [9.17, 15) is 14.4 Å². The average Bonchev–Trinajstić information content (AvgIpc) is 3.30. The van der Waals surface area contributed by atoms with Gasteiger partial charge in [0.25, 0.3) is 11.1 Å². The van der Waals surface area contributed by atoms with Gasteiger partial charge < -0.3 is 9.88 Å². The van der Waals surface area contributed by atoms with Gasteiger partial charge in [-0.25, -0.2) is 0 Å². The van der Waals surface area contributed by atoms with Crippen molar-refractivity contribution in [1.29, 1.82) is 0 Å². The molecule has 0 atom stereocenters. The van der Waals surface area contributed by atoms with Crippen LogP contribution in [0.1, 0.15) is 11.3 Å². The first kappa shape index (κ1) is 21.0. The Balaban J connectivity index is 1.49. The van der Waals surface area contributed by atoms with E-state index in [1.165, 1.54) is 0 Å². The first-order valence-corrected chi connectivity index (χ1v) is 10.7. The highest BCUT2D eigenvalue weighted by molar-refractivity contribution is 8.18. The topological polar surface area (TPSA) is 71.4 Å². The number of nitrogens with one attached hydrogen (secondary N) is 1. The highest BCUT2D eigenvalue weighted by Gasteiger charge is 2.36. The molecule has 1 N–H and O–H groups in total. The van der Waals surface area contributed by atoms with Gasteiger partial charge in [0.05, 0.1) is 4.91 Å². The number of carbonyl (C=O) groups excluding carboxylic acids is 3. The molecule has 8 heteroatoms. The quantitative estimate of drug-likeness (QED) is 0.547. The zero-order chi connectivity index (χ0) is 22.0. The van der Waals surface area contributed by atoms with Crippen LogP contribution >= 0.6 is 23.4 Å². The van der Waals surface area contributed by atoms with Crippen LogP contribution in [0, 0.1) is 6.92 Å². The Hall–Kier alpha value is -3.29. The summed E-state index contributed by atoms with van der Waals surface area (Å²) in [5, 5.41) is 2.86. The van der Waals surface area contributed by atoms with Gasteiger partial charge in [-0.3, -0.25) is 19.3 Å². The lowest BCUT2D eigenvalue weighted by Gasteiger charge is -2.12. The number of hydrogen-bond donors (Lipinski definition) is 1. The fraction of sp³-hybridized carbons (Fsp3) is 0.0870. The summed E-state index contributed by atoms with van der Waals surface area (Å²) in [6, 6.07) is 18.2. The number of benzene rings is 2. The molecule has 3 aromatic rings. The third kappa shape index (κ3) is 4.73. The minimum absolute atomic E-state index is 0.266. The van der Waals surface area contributed by atoms with Crippen molar-refractivity contribution in [3.05, 3.63) is 88.0 Å². The van der Waals surface area contributed by atoms with E-state index in [4.69, 9.17) is 11.6 Å². The summed E-state index contributed by atoms with van der Waals surface area (Å²) in [7, 11) is 0. The number of imide groups is 1. The molecule has 156 valence electrons. The largest absolute Gasteiger partial charge is 0.325 e. The Morgan fingerprint density at radius 1 is 1.06 bits per heavy atom. The molecule has 4 rings (SSSR count). The predicted molar refractivity (Wildman–Crippen MR) is 123 cm³/mol. The number of halogens is 1. The number of thioether (sulfide) groups is 1. The molecular formula is C23H18ClN3O3S. The summed E-state index contributed by atoms with van der Waals surface area (Å²) in [4.78, 5) is 38.7. The Labute approximate surface area is 188 Å². The zero-order valence-corrected chi connectivity index (χ0v) is 18.1. The van der Waals surface area contributed by atoms with Crippen molar-refractivity contribution in [2.45, 2.75) is 6.92 Å². The summed E-state index contributed by atoms with van der Waals surface area (Å²) >= 11 is 6.78. The number of aromatic nitrogens is 1. The van der Waals surface area contributed by atoms with E-state index in [0.29, 0.717) is 10.7 Å². The molecular weight excluding hydrogens is 434 g/mol. The Bertz CT molecular complexity index is 1180. The van der Waals surface area contributed by atoms with E-state index < -0.39 is 17.1 Å². The third-order valence-corrected chi connectivity index (χ3v) is 5.83. The summed E-state index contributed by atoms with van der Waals surface area (Å²) in [5.74, 6) is -0.921. The van der Waals surface area contributed by atoms with Gasteiger partial charge >= 0.3 is 0 Å². The van der Waals surface area contributed by atoms with E-state index in [1.807, 2.05) is 54.1 Å². The van der Waals surface area contributed by atoms with Crippen molar-refractivity contribution in [2.24, 2.45) is 0 Å². The standard InChI is InChI=1S/C23H18ClN3O3S/c1-15-4-8-17(9-5-15)25-21(28)14-27-22(29)20(31-23(27)30)13-19-3-2-12-26(19)18-10-6-16(24)7-11-18/h2-13H,14H2,1H3,(H,25,28). The molecule has 2 heterocycles. The van der Waals surface area contributed by atoms with Gasteiger partial charge in [0.2, 0.25) is 5.91 Å². The highest BCUT2D eigenvalue weighted by Crippen LogP contribution is 2.32. The molecule has 1 aliphatic heterocycles. The molecule has 3 amide bonds. The third-order valence-electron chi connectivity index (χ3n) is 4.67. The van der Waals surface area contributed by atoms with Crippen molar-refractivity contribution in [3.8, 4) is 5.69 Å². The summed E-state index contributed by atoms with van der Waals surface area (Å²) in [6.45, 7) is 1.61. The second kappa shape index (κ2) is 8.83. The van der Waals surface area contributed by atoms with Crippen molar-refractivity contribution in [2.75, 3.05) is 11.9 Å². The van der Waals surface area contributed by atoms with Crippen molar-refractivity contribution >= 4 is 52.2 Å². The monoisotopic (exact) mass is 451 g/mol. The lowest BCUT2D eigenvalue weighted by molar-refractivity contribution is -0.127. The molecule has 0 bridgehead atoms. The molecule has 0 radical (unpaired) electrons. The maximum atomic E-state index is 12.8. The van der Waals surface area contributed by atoms with Gasteiger partial charge in [0.15, 0.2) is 0 Å². The molecule has 1 fully saturated rings. The smallest absolute Gasteiger partial charge is 0.294 e. The number of hydrogen-bond acceptors (Lipinski definition) is 4. The molecule has 6 nitrogen and oxygen atoms in total. The van der Waals surface area contributed by atoms with E-state index in [0.717, 1.165) is 33.6 Å². The average molecular weight is 452 g/mol. The van der Waals surface area contributed by atoms with E-state index in [2.05, 4.69) is 5.32 Å². The molecule has 1 aliphatic rings. The maximum absolute atomic E-state index is 12.8. The number of nitrogens with zero attached hydrogens (tertiary/aromatic N) is 2. The molecule has 2 aromatic carbocycles. The van der Waals surface area contributed by atoms with Crippen LogP contribution in [0.4, 0.5) is 10.5 Å². The molecule has 1 saturated heterocycles. The molecule has 0 spiro atoms. The van der Waals surface area contributed by atoms with Gasteiger partial charge in [-0.2, -0.15) is 0 Å². The van der Waals surface area contributed by atoms with E-state index in [1.54, 1.807) is 30.3 Å². The molecule has 1 aromatic heterocycles. The van der Waals surface area contributed by atoms with Crippen LogP contribution in [0.5, 0.6) is 0 Å². The molecule has 0 unspecified atom stereocenters. The minimum Gasteiger partial charge on any atom is -0.325 e. The van der Waals surface area contributed by atoms with Crippen LogP contribution in [-0.2, 0) is 9.59 Å². The normalized spacial score (nSPS) is 15.0. The van der Waals surface area contributed by atoms with Crippen molar-refractivity contribution in [1.82, 2.24) is 9.47 Å². The Morgan fingerprint density at radius 3 is 2.48 bits per heavy atom. The highest BCUT2D eigenvalue weighted by atomic mass is 35.5. The Morgan fingerprint density at radius 2 is 1.77 bits per heavy atom.